The number of amides is 1. The van der Waals surface area contributed by atoms with Crippen LogP contribution in [0.4, 0.5) is 39.5 Å². The van der Waals surface area contributed by atoms with Gasteiger partial charge >= 0.3 is 18.5 Å². The predicted octanol–water partition coefficient (Wildman–Crippen LogP) is 10.2. The van der Waals surface area contributed by atoms with Crippen LogP contribution in [0.1, 0.15) is 60.1 Å². The van der Waals surface area contributed by atoms with Crippen molar-refractivity contribution in [2.45, 2.75) is 50.4 Å². The molecule has 4 atom stereocenters. The van der Waals surface area contributed by atoms with E-state index in [4.69, 9.17) is 14.0 Å². The summed E-state index contributed by atoms with van der Waals surface area (Å²) >= 11 is 0. The van der Waals surface area contributed by atoms with Gasteiger partial charge in [-0.15, -0.1) is 0 Å². The molecule has 1 aromatic heterocycles. The first-order valence-electron chi connectivity index (χ1n) is 18.2. The third-order valence-corrected chi connectivity index (χ3v) is 9.89. The number of ether oxygens (including phenoxy) is 2. The summed E-state index contributed by atoms with van der Waals surface area (Å²) in [6.07, 6.45) is -13.5. The van der Waals surface area contributed by atoms with Gasteiger partial charge < -0.3 is 19.3 Å². The maximum atomic E-state index is 14.2. The number of aromatic nitrogens is 2. The minimum atomic E-state index is -4.56. The molecule has 58 heavy (non-hydrogen) atoms. The lowest BCUT2D eigenvalue weighted by Gasteiger charge is -2.39. The highest BCUT2D eigenvalue weighted by atomic mass is 19.4. The van der Waals surface area contributed by atoms with Crippen molar-refractivity contribution in [3.63, 3.8) is 0 Å². The first-order chi connectivity index (χ1) is 27.5. The molecule has 0 bridgehead atoms. The lowest BCUT2D eigenvalue weighted by atomic mass is 9.86. The largest absolute Gasteiger partial charge is 0.493 e. The number of carbonyl (C=O) groups is 1. The van der Waals surface area contributed by atoms with Gasteiger partial charge in [-0.05, 0) is 85.1 Å². The number of carbonyl (C=O) groups excluding carboxylic acids is 1. The van der Waals surface area contributed by atoms with Crippen LogP contribution in [0.15, 0.2) is 108 Å². The molecular weight excluding hydrogens is 783 g/mol. The zero-order valence-corrected chi connectivity index (χ0v) is 30.7. The van der Waals surface area contributed by atoms with E-state index in [9.17, 15) is 44.3 Å². The minimum Gasteiger partial charge on any atom is -0.493 e. The highest BCUT2D eigenvalue weighted by Crippen LogP contribution is 2.36. The Balaban J connectivity index is 1.20. The van der Waals surface area contributed by atoms with Crippen LogP contribution >= 0.6 is 0 Å². The van der Waals surface area contributed by atoms with E-state index in [1.54, 1.807) is 35.2 Å². The molecule has 6 rings (SSSR count). The fourth-order valence-corrected chi connectivity index (χ4v) is 6.55. The summed E-state index contributed by atoms with van der Waals surface area (Å²) in [4.78, 5) is 20.4. The fourth-order valence-electron chi connectivity index (χ4n) is 6.55. The Morgan fingerprint density at radius 3 is 1.91 bits per heavy atom. The van der Waals surface area contributed by atoms with Crippen LogP contribution in [0, 0.1) is 11.8 Å². The van der Waals surface area contributed by atoms with Crippen molar-refractivity contribution >= 4 is 5.91 Å². The van der Waals surface area contributed by atoms with E-state index in [2.05, 4.69) is 15.5 Å². The molecule has 4 aromatic carbocycles. The highest BCUT2D eigenvalue weighted by molar-refractivity contribution is 5.82. The third kappa shape index (κ3) is 10.7. The average molecular weight is 821 g/mol. The molecule has 0 saturated carbocycles. The molecule has 1 amide bonds. The van der Waals surface area contributed by atoms with Gasteiger partial charge in [-0.1, -0.05) is 54.5 Å². The molecule has 1 saturated heterocycles. The van der Waals surface area contributed by atoms with Gasteiger partial charge in [0.15, 0.2) is 6.04 Å². The molecule has 1 N–H and O–H groups in total. The van der Waals surface area contributed by atoms with Crippen LogP contribution in [0.25, 0.3) is 11.4 Å². The summed E-state index contributed by atoms with van der Waals surface area (Å²) < 4.78 is 136. The maximum absolute atomic E-state index is 14.2. The molecule has 2 heterocycles. The number of halogens is 9. The molecule has 1 aliphatic rings. The third-order valence-electron chi connectivity index (χ3n) is 9.89. The lowest BCUT2D eigenvalue weighted by Crippen LogP contribution is -2.48. The van der Waals surface area contributed by atoms with Crippen LogP contribution < -0.4 is 14.8 Å². The SMILES string of the molecule is C[C@@H]1CCN(C(C(=O)NCC[C@@H](Oc2ccc(C(F)(F)F)cc2)c2ccccc2)c2nc(-c3ccc(C(F)(F)F)cc3)no2)C[C@@H]1COc1ccc(C(F)(F)F)cc1. The van der Waals surface area contributed by atoms with Gasteiger partial charge in [0.2, 0.25) is 11.7 Å². The van der Waals surface area contributed by atoms with E-state index in [1.807, 2.05) is 6.92 Å². The van der Waals surface area contributed by atoms with Gasteiger partial charge in [-0.25, -0.2) is 0 Å². The van der Waals surface area contributed by atoms with E-state index in [1.165, 1.54) is 36.4 Å². The van der Waals surface area contributed by atoms with Crippen molar-refractivity contribution in [1.29, 1.82) is 0 Å². The first kappa shape index (κ1) is 42.0. The second-order valence-corrected chi connectivity index (χ2v) is 13.9. The van der Waals surface area contributed by atoms with Crippen molar-refractivity contribution in [3.8, 4) is 22.9 Å². The minimum absolute atomic E-state index is 0.0279. The second kappa shape index (κ2) is 17.5. The van der Waals surface area contributed by atoms with Crippen molar-refractivity contribution in [2.24, 2.45) is 11.8 Å². The second-order valence-electron chi connectivity index (χ2n) is 13.9. The summed E-state index contributed by atoms with van der Waals surface area (Å²) in [5.41, 5.74) is -1.62. The van der Waals surface area contributed by atoms with Crippen molar-refractivity contribution in [2.75, 3.05) is 26.2 Å². The number of nitrogens with zero attached hydrogens (tertiary/aromatic N) is 3. The van der Waals surface area contributed by atoms with E-state index >= 15 is 0 Å². The number of piperidine rings is 1. The van der Waals surface area contributed by atoms with Crippen LogP contribution in [-0.4, -0.2) is 47.2 Å². The maximum Gasteiger partial charge on any atom is 0.416 e. The summed E-state index contributed by atoms with van der Waals surface area (Å²) in [5.74, 6) is -0.457. The molecule has 1 aliphatic heterocycles. The number of alkyl halides is 9. The fraction of sp³-hybridized carbons (Fsp3) is 0.341. The van der Waals surface area contributed by atoms with Crippen molar-refractivity contribution in [3.05, 3.63) is 131 Å². The van der Waals surface area contributed by atoms with E-state index < -0.39 is 53.3 Å². The normalized spacial score (nSPS) is 17.7. The molecule has 8 nitrogen and oxygen atoms in total. The molecule has 0 radical (unpaired) electrons. The standard InChI is InChI=1S/C41H37F9N4O4/c1-25-20-22-54(23-28(25)24-56-32-15-11-30(12-16-32)40(45,46)47)35(38-52-36(53-58-38)27-7-9-29(10-8-27)39(42,43)44)37(55)51-21-19-34(26-5-3-2-4-6-26)57-33-17-13-31(14-18-33)41(48,49)50/h2-18,25,28,34-35H,19-24H2,1H3,(H,51,55)/t25-,28-,34-,35?/m1/s1. The highest BCUT2D eigenvalue weighted by Gasteiger charge is 2.39. The molecule has 1 unspecified atom stereocenters. The van der Waals surface area contributed by atoms with Gasteiger partial charge in [0, 0.05) is 31.0 Å². The van der Waals surface area contributed by atoms with E-state index in [-0.39, 0.29) is 66.7 Å². The van der Waals surface area contributed by atoms with Gasteiger partial charge in [0.1, 0.15) is 17.6 Å². The van der Waals surface area contributed by atoms with Crippen LogP contribution in [0.2, 0.25) is 0 Å². The number of benzene rings is 4. The van der Waals surface area contributed by atoms with Gasteiger partial charge in [-0.3, -0.25) is 9.69 Å². The Bertz CT molecular complexity index is 2090. The van der Waals surface area contributed by atoms with Crippen LogP contribution in [0.3, 0.4) is 0 Å². The number of rotatable bonds is 13. The zero-order valence-electron chi connectivity index (χ0n) is 30.7. The molecule has 17 heteroatoms. The molecule has 0 spiro atoms. The molecule has 1 fully saturated rings. The Morgan fingerprint density at radius 1 is 0.793 bits per heavy atom. The Hall–Kier alpha value is -5.58. The topological polar surface area (TPSA) is 89.7 Å². The summed E-state index contributed by atoms with van der Waals surface area (Å²) in [6, 6.07) is 20.4. The predicted molar refractivity (Wildman–Crippen MR) is 192 cm³/mol. The van der Waals surface area contributed by atoms with E-state index in [0.717, 1.165) is 36.4 Å². The first-order valence-corrected chi connectivity index (χ1v) is 18.2. The lowest BCUT2D eigenvalue weighted by molar-refractivity contribution is -0.138. The Kier molecular flexibility index (Phi) is 12.7. The number of likely N-dealkylation sites (tertiary alicyclic amines) is 1. The molecule has 308 valence electrons. The molecule has 5 aromatic rings. The van der Waals surface area contributed by atoms with Crippen molar-refractivity contribution < 1.29 is 58.3 Å². The average Bonchev–Trinajstić information content (AvgIpc) is 3.67. The van der Waals surface area contributed by atoms with Gasteiger partial charge in [-0.2, -0.15) is 44.5 Å². The van der Waals surface area contributed by atoms with Crippen LogP contribution in [-0.2, 0) is 23.3 Å². The van der Waals surface area contributed by atoms with Gasteiger partial charge in [0.05, 0.1) is 23.3 Å². The zero-order chi connectivity index (χ0) is 41.7. The van der Waals surface area contributed by atoms with Crippen LogP contribution in [0.5, 0.6) is 11.5 Å². The Morgan fingerprint density at radius 2 is 1.34 bits per heavy atom. The number of hydrogen-bond acceptors (Lipinski definition) is 7. The van der Waals surface area contributed by atoms with Crippen molar-refractivity contribution in [1.82, 2.24) is 20.4 Å². The quantitative estimate of drug-likeness (QED) is 0.118. The summed E-state index contributed by atoms with van der Waals surface area (Å²) in [5, 5.41) is 6.84. The monoisotopic (exact) mass is 820 g/mol. The Labute approximate surface area is 327 Å². The molecular formula is C41H37F9N4O4. The summed E-state index contributed by atoms with van der Waals surface area (Å²) in [7, 11) is 0. The summed E-state index contributed by atoms with van der Waals surface area (Å²) in [6.45, 7) is 2.78. The number of nitrogens with one attached hydrogen (secondary N) is 1. The molecule has 0 aliphatic carbocycles. The van der Waals surface area contributed by atoms with E-state index in [0.29, 0.717) is 18.5 Å². The number of hydrogen-bond donors (Lipinski definition) is 1. The smallest absolute Gasteiger partial charge is 0.416 e. The van der Waals surface area contributed by atoms with Gasteiger partial charge in [0.25, 0.3) is 5.89 Å².